The van der Waals surface area contributed by atoms with Crippen molar-refractivity contribution in [3.8, 4) is 5.75 Å². The summed E-state index contributed by atoms with van der Waals surface area (Å²) in [5, 5.41) is 1.03. The van der Waals surface area contributed by atoms with E-state index in [0.717, 1.165) is 27.8 Å². The molecule has 0 bridgehead atoms. The molecule has 3 aromatic carbocycles. The minimum absolute atomic E-state index is 0.221. The van der Waals surface area contributed by atoms with Crippen molar-refractivity contribution >= 4 is 22.7 Å². The summed E-state index contributed by atoms with van der Waals surface area (Å²) in [5.74, 6) is 0.363. The molecule has 2 heterocycles. The van der Waals surface area contributed by atoms with Gasteiger partial charge >= 0.3 is 0 Å². The second kappa shape index (κ2) is 7.76. The number of rotatable bonds is 6. The van der Waals surface area contributed by atoms with Gasteiger partial charge in [0.05, 0.1) is 16.6 Å². The number of ether oxygens (including phenoxy) is 1. The second-order valence-electron chi connectivity index (χ2n) is 7.75. The number of carbonyl (C=O) groups is 2. The predicted molar refractivity (Wildman–Crippen MR) is 119 cm³/mol. The Hall–Kier alpha value is -3.86. The van der Waals surface area contributed by atoms with Crippen molar-refractivity contribution < 1.29 is 14.3 Å². The van der Waals surface area contributed by atoms with Gasteiger partial charge in [0.15, 0.2) is 0 Å². The molecule has 0 unspecified atom stereocenters. The van der Waals surface area contributed by atoms with E-state index in [-0.39, 0.29) is 11.8 Å². The fourth-order valence-corrected chi connectivity index (χ4v) is 4.22. The van der Waals surface area contributed by atoms with E-state index in [4.69, 9.17) is 4.74 Å². The summed E-state index contributed by atoms with van der Waals surface area (Å²) in [6.45, 7) is 0.811. The van der Waals surface area contributed by atoms with E-state index in [0.29, 0.717) is 30.7 Å². The molecule has 31 heavy (non-hydrogen) atoms. The molecule has 1 aliphatic rings. The molecule has 2 amide bonds. The van der Waals surface area contributed by atoms with Gasteiger partial charge in [-0.1, -0.05) is 48.5 Å². The van der Waals surface area contributed by atoms with Crippen LogP contribution in [-0.4, -0.2) is 27.8 Å². The average Bonchev–Trinajstić information content (AvgIpc) is 3.26. The van der Waals surface area contributed by atoms with Crippen LogP contribution in [0, 0.1) is 0 Å². The summed E-state index contributed by atoms with van der Waals surface area (Å²) in [7, 11) is 1.99. The lowest BCUT2D eigenvalue weighted by Gasteiger charge is -2.14. The smallest absolute Gasteiger partial charge is 0.261 e. The number of fused-ring (bicyclic) bond motifs is 2. The van der Waals surface area contributed by atoms with Crippen LogP contribution >= 0.6 is 0 Å². The lowest BCUT2D eigenvalue weighted by molar-refractivity contribution is 0.0656. The van der Waals surface area contributed by atoms with Gasteiger partial charge in [-0.3, -0.25) is 14.5 Å². The highest BCUT2D eigenvalue weighted by molar-refractivity contribution is 6.21. The number of imide groups is 1. The van der Waals surface area contributed by atoms with Crippen LogP contribution in [0.1, 0.15) is 31.8 Å². The maximum atomic E-state index is 12.7. The molecule has 0 saturated carbocycles. The van der Waals surface area contributed by atoms with E-state index < -0.39 is 0 Å². The summed E-state index contributed by atoms with van der Waals surface area (Å²) < 4.78 is 8.22. The van der Waals surface area contributed by atoms with Gasteiger partial charge in [0.25, 0.3) is 11.8 Å². The Labute approximate surface area is 180 Å². The summed E-state index contributed by atoms with van der Waals surface area (Å²) in [4.78, 5) is 26.7. The monoisotopic (exact) mass is 410 g/mol. The van der Waals surface area contributed by atoms with Gasteiger partial charge in [-0.25, -0.2) is 0 Å². The lowest BCUT2D eigenvalue weighted by Crippen LogP contribution is -2.31. The molecule has 0 radical (unpaired) electrons. The zero-order chi connectivity index (χ0) is 21.4. The van der Waals surface area contributed by atoms with Crippen LogP contribution in [0.25, 0.3) is 10.9 Å². The standard InChI is InChI=1S/C26H22N2O3/c1-27-16-19(14-15-28-25(29)20-10-5-6-11-21(20)26(28)30)24-22(27)12-7-13-23(24)31-17-18-8-3-2-4-9-18/h2-13,16H,14-15,17H2,1H3. The van der Waals surface area contributed by atoms with Crippen molar-refractivity contribution in [2.24, 2.45) is 7.05 Å². The Balaban J connectivity index is 1.40. The van der Waals surface area contributed by atoms with Gasteiger partial charge in [0.2, 0.25) is 0 Å². The Bertz CT molecular complexity index is 1260. The topological polar surface area (TPSA) is 51.5 Å². The van der Waals surface area contributed by atoms with E-state index in [2.05, 4.69) is 16.8 Å². The van der Waals surface area contributed by atoms with Crippen molar-refractivity contribution in [2.45, 2.75) is 13.0 Å². The Morgan fingerprint density at radius 2 is 1.48 bits per heavy atom. The van der Waals surface area contributed by atoms with Crippen molar-refractivity contribution in [2.75, 3.05) is 6.54 Å². The summed E-state index contributed by atoms with van der Waals surface area (Å²) in [6.07, 6.45) is 2.62. The first-order chi connectivity index (χ1) is 15.1. The number of nitrogens with zero attached hydrogens (tertiary/aromatic N) is 2. The van der Waals surface area contributed by atoms with E-state index in [1.807, 2.05) is 49.5 Å². The second-order valence-corrected chi connectivity index (χ2v) is 7.75. The maximum Gasteiger partial charge on any atom is 0.261 e. The number of carbonyl (C=O) groups excluding carboxylic acids is 2. The lowest BCUT2D eigenvalue weighted by atomic mass is 10.1. The van der Waals surface area contributed by atoms with Crippen LogP contribution in [0.4, 0.5) is 0 Å². The van der Waals surface area contributed by atoms with Gasteiger partial charge in [-0.2, -0.15) is 0 Å². The van der Waals surface area contributed by atoms with Crippen molar-refractivity contribution in [3.63, 3.8) is 0 Å². The molecule has 1 aromatic heterocycles. The average molecular weight is 410 g/mol. The van der Waals surface area contributed by atoms with Crippen LogP contribution in [-0.2, 0) is 20.1 Å². The molecular formula is C26H22N2O3. The first-order valence-electron chi connectivity index (χ1n) is 10.3. The van der Waals surface area contributed by atoms with Crippen molar-refractivity contribution in [3.05, 3.63) is 101 Å². The number of hydrogen-bond donors (Lipinski definition) is 0. The number of benzene rings is 3. The Morgan fingerprint density at radius 3 is 2.19 bits per heavy atom. The molecule has 1 aliphatic heterocycles. The molecule has 4 aromatic rings. The van der Waals surface area contributed by atoms with Gasteiger partial charge < -0.3 is 9.30 Å². The predicted octanol–water partition coefficient (Wildman–Crippen LogP) is 4.60. The molecule has 0 spiro atoms. The van der Waals surface area contributed by atoms with Gasteiger partial charge in [-0.15, -0.1) is 0 Å². The molecular weight excluding hydrogens is 388 g/mol. The maximum absolute atomic E-state index is 12.7. The van der Waals surface area contributed by atoms with Crippen LogP contribution in [0.5, 0.6) is 5.75 Å². The third-order valence-corrected chi connectivity index (χ3v) is 5.77. The first kappa shape index (κ1) is 19.1. The SMILES string of the molecule is Cn1cc(CCN2C(=O)c3ccccc3C2=O)c2c(OCc3ccccc3)cccc21. The van der Waals surface area contributed by atoms with Crippen LogP contribution in [0.15, 0.2) is 79.0 Å². The highest BCUT2D eigenvalue weighted by Gasteiger charge is 2.34. The Morgan fingerprint density at radius 1 is 0.806 bits per heavy atom. The van der Waals surface area contributed by atoms with E-state index in [1.165, 1.54) is 4.90 Å². The summed E-state index contributed by atoms with van der Waals surface area (Å²) in [5.41, 5.74) is 4.18. The molecule has 5 heteroatoms. The quantitative estimate of drug-likeness (QED) is 0.437. The highest BCUT2D eigenvalue weighted by atomic mass is 16.5. The molecule has 5 nitrogen and oxygen atoms in total. The zero-order valence-corrected chi connectivity index (χ0v) is 17.2. The molecule has 5 rings (SSSR count). The highest BCUT2D eigenvalue weighted by Crippen LogP contribution is 2.32. The first-order valence-corrected chi connectivity index (χ1v) is 10.3. The normalized spacial score (nSPS) is 13.1. The van der Waals surface area contributed by atoms with E-state index in [9.17, 15) is 9.59 Å². The zero-order valence-electron chi connectivity index (χ0n) is 17.2. The minimum Gasteiger partial charge on any atom is -0.488 e. The fraction of sp³-hybridized carbons (Fsp3) is 0.154. The molecule has 0 N–H and O–H groups in total. The molecule has 0 fully saturated rings. The van der Waals surface area contributed by atoms with Crippen LogP contribution in [0.2, 0.25) is 0 Å². The van der Waals surface area contributed by atoms with Crippen LogP contribution < -0.4 is 4.74 Å². The van der Waals surface area contributed by atoms with Gasteiger partial charge in [0, 0.05) is 25.2 Å². The molecule has 0 aliphatic carbocycles. The third-order valence-electron chi connectivity index (χ3n) is 5.77. The molecule has 154 valence electrons. The van der Waals surface area contributed by atoms with Gasteiger partial charge in [-0.05, 0) is 41.8 Å². The summed E-state index contributed by atoms with van der Waals surface area (Å²) in [6, 6.07) is 23.0. The van der Waals surface area contributed by atoms with Crippen molar-refractivity contribution in [1.29, 1.82) is 0 Å². The largest absolute Gasteiger partial charge is 0.488 e. The Kier molecular flexibility index (Phi) is 4.79. The number of amides is 2. The van der Waals surface area contributed by atoms with Crippen LogP contribution in [0.3, 0.4) is 0 Å². The van der Waals surface area contributed by atoms with Crippen molar-refractivity contribution in [1.82, 2.24) is 9.47 Å². The number of aromatic nitrogens is 1. The van der Waals surface area contributed by atoms with E-state index >= 15 is 0 Å². The summed E-state index contributed by atoms with van der Waals surface area (Å²) >= 11 is 0. The number of aryl methyl sites for hydroxylation is 1. The number of hydrogen-bond acceptors (Lipinski definition) is 3. The molecule has 0 saturated heterocycles. The van der Waals surface area contributed by atoms with E-state index in [1.54, 1.807) is 24.3 Å². The molecule has 0 atom stereocenters. The minimum atomic E-state index is -0.221. The third kappa shape index (κ3) is 3.38. The van der Waals surface area contributed by atoms with Gasteiger partial charge in [0.1, 0.15) is 12.4 Å². The fourth-order valence-electron chi connectivity index (χ4n) is 4.22.